The molecule has 0 aliphatic carbocycles. The second-order valence-corrected chi connectivity index (χ2v) is 5.23. The monoisotopic (exact) mass is 307 g/mol. The number of anilines is 1. The van der Waals surface area contributed by atoms with Crippen molar-refractivity contribution in [1.29, 1.82) is 0 Å². The summed E-state index contributed by atoms with van der Waals surface area (Å²) in [5.74, 6) is 0. The Balaban J connectivity index is 1.98. The molecule has 0 radical (unpaired) electrons. The zero-order valence-corrected chi connectivity index (χ0v) is 11.7. The van der Waals surface area contributed by atoms with E-state index in [9.17, 15) is 13.2 Å². The lowest BCUT2D eigenvalue weighted by Crippen LogP contribution is -2.57. The molecule has 1 unspecified atom stereocenters. The molecular weight excluding hydrogens is 291 g/mol. The van der Waals surface area contributed by atoms with Gasteiger partial charge in [-0.05, 0) is 18.2 Å². The van der Waals surface area contributed by atoms with Crippen LogP contribution in [0, 0.1) is 0 Å². The second-order valence-electron chi connectivity index (χ2n) is 4.80. The van der Waals surface area contributed by atoms with Crippen LogP contribution in [0.1, 0.15) is 0 Å². The molecule has 20 heavy (non-hydrogen) atoms. The SMILES string of the molecule is NCC(N1CCN(c2cccc(Cl)c2)CC1)C(F)(F)F. The molecule has 0 saturated carbocycles. The van der Waals surface area contributed by atoms with Crippen molar-refractivity contribution in [3.8, 4) is 0 Å². The van der Waals surface area contributed by atoms with Crippen LogP contribution in [0.15, 0.2) is 24.3 Å². The van der Waals surface area contributed by atoms with E-state index in [0.717, 1.165) is 5.69 Å². The van der Waals surface area contributed by atoms with Crippen molar-refractivity contribution in [2.24, 2.45) is 5.73 Å². The summed E-state index contributed by atoms with van der Waals surface area (Å²) in [4.78, 5) is 3.44. The number of alkyl halides is 3. The molecule has 1 heterocycles. The van der Waals surface area contributed by atoms with Crippen molar-refractivity contribution in [3.05, 3.63) is 29.3 Å². The number of benzene rings is 1. The minimum absolute atomic E-state index is 0.341. The Bertz CT molecular complexity index is 445. The average molecular weight is 308 g/mol. The topological polar surface area (TPSA) is 32.5 Å². The van der Waals surface area contributed by atoms with Crippen LogP contribution in [0.3, 0.4) is 0 Å². The molecule has 2 rings (SSSR count). The highest BCUT2D eigenvalue weighted by atomic mass is 35.5. The fraction of sp³-hybridized carbons (Fsp3) is 0.538. The highest BCUT2D eigenvalue weighted by Crippen LogP contribution is 2.26. The molecular formula is C13H17ClF3N3. The fourth-order valence-corrected chi connectivity index (χ4v) is 2.64. The number of hydrogen-bond acceptors (Lipinski definition) is 3. The van der Waals surface area contributed by atoms with Crippen LogP contribution in [-0.4, -0.2) is 49.8 Å². The predicted octanol–water partition coefficient (Wildman–Crippen LogP) is 2.35. The number of halogens is 4. The first kappa shape index (κ1) is 15.4. The maximum absolute atomic E-state index is 12.8. The number of rotatable bonds is 3. The molecule has 0 bridgehead atoms. The van der Waals surface area contributed by atoms with E-state index in [1.807, 2.05) is 23.1 Å². The summed E-state index contributed by atoms with van der Waals surface area (Å²) in [5, 5.41) is 0.625. The van der Waals surface area contributed by atoms with E-state index in [1.165, 1.54) is 4.90 Å². The molecule has 1 atom stereocenters. The van der Waals surface area contributed by atoms with Crippen molar-refractivity contribution in [2.45, 2.75) is 12.2 Å². The number of piperazine rings is 1. The van der Waals surface area contributed by atoms with Gasteiger partial charge < -0.3 is 10.6 Å². The normalized spacial score (nSPS) is 19.1. The molecule has 112 valence electrons. The Morgan fingerprint density at radius 2 is 1.85 bits per heavy atom. The van der Waals surface area contributed by atoms with E-state index in [-0.39, 0.29) is 0 Å². The molecule has 1 aliphatic heterocycles. The Kier molecular flexibility index (Phi) is 4.78. The molecule has 1 saturated heterocycles. The minimum Gasteiger partial charge on any atom is -0.369 e. The third kappa shape index (κ3) is 3.56. The Morgan fingerprint density at radius 1 is 1.20 bits per heavy atom. The van der Waals surface area contributed by atoms with Gasteiger partial charge in [-0.15, -0.1) is 0 Å². The third-order valence-electron chi connectivity index (χ3n) is 3.53. The Morgan fingerprint density at radius 3 is 2.35 bits per heavy atom. The molecule has 3 nitrogen and oxygen atoms in total. The average Bonchev–Trinajstić information content (AvgIpc) is 2.38. The van der Waals surface area contributed by atoms with Crippen LogP contribution in [0.2, 0.25) is 5.02 Å². The summed E-state index contributed by atoms with van der Waals surface area (Å²) in [6, 6.07) is 5.79. The van der Waals surface area contributed by atoms with E-state index >= 15 is 0 Å². The van der Waals surface area contributed by atoms with Crippen molar-refractivity contribution in [3.63, 3.8) is 0 Å². The van der Waals surface area contributed by atoms with E-state index in [4.69, 9.17) is 17.3 Å². The van der Waals surface area contributed by atoms with Crippen LogP contribution in [0.5, 0.6) is 0 Å². The van der Waals surface area contributed by atoms with Gasteiger partial charge in [0.1, 0.15) is 6.04 Å². The summed E-state index contributed by atoms with van der Waals surface area (Å²) >= 11 is 5.92. The first-order valence-electron chi connectivity index (χ1n) is 6.43. The minimum atomic E-state index is -4.27. The maximum atomic E-state index is 12.8. The lowest BCUT2D eigenvalue weighted by Gasteiger charge is -2.40. The fourth-order valence-electron chi connectivity index (χ4n) is 2.45. The molecule has 0 amide bonds. The van der Waals surface area contributed by atoms with Crippen molar-refractivity contribution >= 4 is 17.3 Å². The molecule has 0 aromatic heterocycles. The molecule has 1 aromatic carbocycles. The summed E-state index contributed by atoms with van der Waals surface area (Å²) in [6.45, 7) is 1.35. The van der Waals surface area contributed by atoms with Gasteiger partial charge in [0, 0.05) is 43.4 Å². The first-order chi connectivity index (χ1) is 9.41. The number of hydrogen-bond donors (Lipinski definition) is 1. The highest BCUT2D eigenvalue weighted by molar-refractivity contribution is 6.30. The summed E-state index contributed by atoms with van der Waals surface area (Å²) in [5.41, 5.74) is 6.20. The lowest BCUT2D eigenvalue weighted by molar-refractivity contribution is -0.181. The summed E-state index contributed by atoms with van der Waals surface area (Å²) in [7, 11) is 0. The number of nitrogens with zero attached hydrogens (tertiary/aromatic N) is 2. The smallest absolute Gasteiger partial charge is 0.369 e. The second kappa shape index (κ2) is 6.20. The van der Waals surface area contributed by atoms with Gasteiger partial charge in [-0.1, -0.05) is 17.7 Å². The highest BCUT2D eigenvalue weighted by Gasteiger charge is 2.43. The maximum Gasteiger partial charge on any atom is 0.405 e. The molecule has 2 N–H and O–H groups in total. The van der Waals surface area contributed by atoms with Crippen molar-refractivity contribution in [2.75, 3.05) is 37.6 Å². The Labute approximate surface area is 121 Å². The molecule has 7 heteroatoms. The van der Waals surface area contributed by atoms with E-state index < -0.39 is 18.8 Å². The summed E-state index contributed by atoms with van der Waals surface area (Å²) < 4.78 is 38.5. The van der Waals surface area contributed by atoms with Gasteiger partial charge in [0.15, 0.2) is 0 Å². The first-order valence-corrected chi connectivity index (χ1v) is 6.81. The standard InChI is InChI=1S/C13H17ClF3N3/c14-10-2-1-3-11(8-10)19-4-6-20(7-5-19)12(9-18)13(15,16)17/h1-3,8,12H,4-7,9,18H2. The van der Waals surface area contributed by atoms with Crippen LogP contribution >= 0.6 is 11.6 Å². The van der Waals surface area contributed by atoms with Gasteiger partial charge in [-0.3, -0.25) is 4.90 Å². The quantitative estimate of drug-likeness (QED) is 0.930. The summed E-state index contributed by atoms with van der Waals surface area (Å²) in [6.07, 6.45) is -4.27. The van der Waals surface area contributed by atoms with Crippen LogP contribution < -0.4 is 10.6 Å². The van der Waals surface area contributed by atoms with Crippen LogP contribution in [0.25, 0.3) is 0 Å². The van der Waals surface area contributed by atoms with Gasteiger partial charge >= 0.3 is 6.18 Å². The van der Waals surface area contributed by atoms with Gasteiger partial charge in [-0.25, -0.2) is 0 Å². The molecule has 1 aromatic rings. The largest absolute Gasteiger partial charge is 0.405 e. The van der Waals surface area contributed by atoms with Crippen LogP contribution in [0.4, 0.5) is 18.9 Å². The molecule has 1 fully saturated rings. The van der Waals surface area contributed by atoms with E-state index in [0.29, 0.717) is 31.2 Å². The third-order valence-corrected chi connectivity index (χ3v) is 3.76. The van der Waals surface area contributed by atoms with E-state index in [2.05, 4.69) is 0 Å². The zero-order valence-electron chi connectivity index (χ0n) is 10.9. The van der Waals surface area contributed by atoms with E-state index in [1.54, 1.807) is 6.07 Å². The zero-order chi connectivity index (χ0) is 14.8. The molecule has 1 aliphatic rings. The van der Waals surface area contributed by atoms with Gasteiger partial charge in [0.25, 0.3) is 0 Å². The van der Waals surface area contributed by atoms with Gasteiger partial charge in [0.2, 0.25) is 0 Å². The van der Waals surface area contributed by atoms with Gasteiger partial charge in [0.05, 0.1) is 0 Å². The molecule has 0 spiro atoms. The van der Waals surface area contributed by atoms with Crippen molar-refractivity contribution in [1.82, 2.24) is 4.90 Å². The van der Waals surface area contributed by atoms with Crippen LogP contribution in [-0.2, 0) is 0 Å². The lowest BCUT2D eigenvalue weighted by atomic mass is 10.2. The number of nitrogens with two attached hydrogens (primary N) is 1. The van der Waals surface area contributed by atoms with Gasteiger partial charge in [-0.2, -0.15) is 13.2 Å². The van der Waals surface area contributed by atoms with Crippen molar-refractivity contribution < 1.29 is 13.2 Å². The Hall–Kier alpha value is -0.980. The predicted molar refractivity (Wildman–Crippen MR) is 74.1 cm³/mol.